The number of rotatable bonds is 7. The van der Waals surface area contributed by atoms with E-state index in [9.17, 15) is 9.59 Å². The largest absolute Gasteiger partial charge is 0.377 e. The zero-order chi connectivity index (χ0) is 13.4. The Balaban J connectivity index is 2.53. The van der Waals surface area contributed by atoms with Gasteiger partial charge in [0.15, 0.2) is 0 Å². The van der Waals surface area contributed by atoms with Crippen LogP contribution in [0, 0.1) is 0 Å². The van der Waals surface area contributed by atoms with E-state index in [2.05, 4.69) is 10.6 Å². The molecular weight excluding hydrogens is 230 g/mol. The minimum absolute atomic E-state index is 0.0922. The SMILES string of the molecule is CN(C)c1ccccc1C(=O)NCCCNC=O. The standard InChI is InChI=1S/C13H19N3O2/c1-16(2)12-7-4-3-6-11(12)13(18)15-9-5-8-14-10-17/h3-4,6-7,10H,5,8-9H2,1-2H3,(H,14,17)(H,15,18). The number of para-hydroxylation sites is 1. The van der Waals surface area contributed by atoms with Gasteiger partial charge in [-0.15, -0.1) is 0 Å². The van der Waals surface area contributed by atoms with Crippen molar-refractivity contribution >= 4 is 18.0 Å². The van der Waals surface area contributed by atoms with E-state index in [1.807, 2.05) is 37.2 Å². The van der Waals surface area contributed by atoms with Gasteiger partial charge in [0.25, 0.3) is 5.91 Å². The molecule has 0 spiro atoms. The van der Waals surface area contributed by atoms with E-state index in [4.69, 9.17) is 0 Å². The number of hydrogen-bond acceptors (Lipinski definition) is 3. The first kappa shape index (κ1) is 14.0. The molecule has 0 heterocycles. The Morgan fingerprint density at radius 1 is 1.28 bits per heavy atom. The molecule has 0 aromatic heterocycles. The normalized spacial score (nSPS) is 9.67. The highest BCUT2D eigenvalue weighted by molar-refractivity contribution is 5.99. The minimum Gasteiger partial charge on any atom is -0.377 e. The van der Waals surface area contributed by atoms with E-state index in [1.54, 1.807) is 6.07 Å². The Morgan fingerprint density at radius 3 is 2.67 bits per heavy atom. The highest BCUT2D eigenvalue weighted by atomic mass is 16.1. The molecule has 1 rings (SSSR count). The van der Waals surface area contributed by atoms with Crippen molar-refractivity contribution in [2.75, 3.05) is 32.1 Å². The van der Waals surface area contributed by atoms with Gasteiger partial charge in [0.05, 0.1) is 5.56 Å². The smallest absolute Gasteiger partial charge is 0.253 e. The predicted octanol–water partition coefficient (Wildman–Crippen LogP) is 0.618. The summed E-state index contributed by atoms with van der Waals surface area (Å²) in [5.74, 6) is -0.0922. The van der Waals surface area contributed by atoms with Crippen LogP contribution >= 0.6 is 0 Å². The number of nitrogens with one attached hydrogen (secondary N) is 2. The Kier molecular flexibility index (Phi) is 5.70. The fraction of sp³-hybridized carbons (Fsp3) is 0.385. The Hall–Kier alpha value is -2.04. The number of nitrogens with zero attached hydrogens (tertiary/aromatic N) is 1. The lowest BCUT2D eigenvalue weighted by Gasteiger charge is -2.16. The van der Waals surface area contributed by atoms with Crippen molar-refractivity contribution in [2.45, 2.75) is 6.42 Å². The molecule has 0 bridgehead atoms. The Labute approximate surface area is 107 Å². The van der Waals surface area contributed by atoms with Gasteiger partial charge in [-0.25, -0.2) is 0 Å². The molecule has 2 amide bonds. The van der Waals surface area contributed by atoms with Crippen LogP contribution in [-0.2, 0) is 4.79 Å². The second-order valence-electron chi connectivity index (χ2n) is 4.09. The second-order valence-corrected chi connectivity index (χ2v) is 4.09. The van der Waals surface area contributed by atoms with Crippen molar-refractivity contribution in [3.05, 3.63) is 29.8 Å². The van der Waals surface area contributed by atoms with Gasteiger partial charge in [0, 0.05) is 32.9 Å². The van der Waals surface area contributed by atoms with E-state index >= 15 is 0 Å². The summed E-state index contributed by atoms with van der Waals surface area (Å²) in [6, 6.07) is 7.45. The first-order valence-electron chi connectivity index (χ1n) is 5.88. The summed E-state index contributed by atoms with van der Waals surface area (Å²) in [6.45, 7) is 1.11. The summed E-state index contributed by atoms with van der Waals surface area (Å²) in [7, 11) is 3.81. The van der Waals surface area contributed by atoms with Crippen molar-refractivity contribution < 1.29 is 9.59 Å². The maximum atomic E-state index is 12.0. The molecule has 0 unspecified atom stereocenters. The maximum absolute atomic E-state index is 12.0. The molecule has 0 radical (unpaired) electrons. The molecule has 0 saturated heterocycles. The van der Waals surface area contributed by atoms with Crippen LogP contribution in [0.15, 0.2) is 24.3 Å². The third kappa shape index (κ3) is 4.08. The first-order valence-corrected chi connectivity index (χ1v) is 5.88. The van der Waals surface area contributed by atoms with Crippen LogP contribution in [-0.4, -0.2) is 39.5 Å². The van der Waals surface area contributed by atoms with Crippen molar-refractivity contribution in [1.82, 2.24) is 10.6 Å². The van der Waals surface area contributed by atoms with Gasteiger partial charge in [-0.3, -0.25) is 9.59 Å². The maximum Gasteiger partial charge on any atom is 0.253 e. The molecule has 5 nitrogen and oxygen atoms in total. The molecule has 1 aromatic rings. The number of hydrogen-bond donors (Lipinski definition) is 2. The molecule has 0 fully saturated rings. The Morgan fingerprint density at radius 2 is 2.00 bits per heavy atom. The van der Waals surface area contributed by atoms with Gasteiger partial charge >= 0.3 is 0 Å². The van der Waals surface area contributed by atoms with Crippen molar-refractivity contribution in [2.24, 2.45) is 0 Å². The van der Waals surface area contributed by atoms with Gasteiger partial charge in [-0.1, -0.05) is 12.1 Å². The molecule has 0 saturated carbocycles. The van der Waals surface area contributed by atoms with Crippen molar-refractivity contribution in [3.63, 3.8) is 0 Å². The van der Waals surface area contributed by atoms with E-state index in [0.717, 1.165) is 5.69 Å². The molecule has 2 N–H and O–H groups in total. The third-order valence-electron chi connectivity index (χ3n) is 2.50. The van der Waals surface area contributed by atoms with Gasteiger partial charge < -0.3 is 15.5 Å². The van der Waals surface area contributed by atoms with Crippen LogP contribution in [0.25, 0.3) is 0 Å². The lowest BCUT2D eigenvalue weighted by molar-refractivity contribution is -0.109. The van der Waals surface area contributed by atoms with E-state index in [1.165, 1.54) is 0 Å². The summed E-state index contributed by atoms with van der Waals surface area (Å²) >= 11 is 0. The van der Waals surface area contributed by atoms with Crippen molar-refractivity contribution in [1.29, 1.82) is 0 Å². The molecule has 0 aliphatic rings. The summed E-state index contributed by atoms with van der Waals surface area (Å²) in [6.07, 6.45) is 1.37. The van der Waals surface area contributed by atoms with Gasteiger partial charge in [0.2, 0.25) is 6.41 Å². The van der Waals surface area contributed by atoms with Crippen LogP contribution in [0.4, 0.5) is 5.69 Å². The minimum atomic E-state index is -0.0922. The Bertz CT molecular complexity index is 405. The molecule has 1 aromatic carbocycles. The van der Waals surface area contributed by atoms with Crippen LogP contribution < -0.4 is 15.5 Å². The molecule has 5 heteroatoms. The zero-order valence-electron chi connectivity index (χ0n) is 10.8. The second kappa shape index (κ2) is 7.32. The zero-order valence-corrected chi connectivity index (χ0v) is 10.8. The average molecular weight is 249 g/mol. The summed E-state index contributed by atoms with van der Waals surface area (Å²) in [5, 5.41) is 5.38. The summed E-state index contributed by atoms with van der Waals surface area (Å²) in [5.41, 5.74) is 1.55. The topological polar surface area (TPSA) is 61.4 Å². The molecule has 0 aliphatic heterocycles. The van der Waals surface area contributed by atoms with Gasteiger partial charge in [-0.05, 0) is 18.6 Å². The van der Waals surface area contributed by atoms with Gasteiger partial charge in [0.1, 0.15) is 0 Å². The molecule has 0 atom stereocenters. The third-order valence-corrected chi connectivity index (χ3v) is 2.50. The number of amides is 2. The predicted molar refractivity (Wildman–Crippen MR) is 71.8 cm³/mol. The van der Waals surface area contributed by atoms with E-state index in [-0.39, 0.29) is 5.91 Å². The first-order chi connectivity index (χ1) is 8.66. The molecular formula is C13H19N3O2. The number of carbonyl (C=O) groups excluding carboxylic acids is 2. The van der Waals surface area contributed by atoms with Crippen LogP contribution in [0.1, 0.15) is 16.8 Å². The highest BCUT2D eigenvalue weighted by Gasteiger charge is 2.10. The number of anilines is 1. The van der Waals surface area contributed by atoms with Crippen molar-refractivity contribution in [3.8, 4) is 0 Å². The molecule has 0 aliphatic carbocycles. The fourth-order valence-electron chi connectivity index (χ4n) is 1.60. The molecule has 18 heavy (non-hydrogen) atoms. The van der Waals surface area contributed by atoms with Gasteiger partial charge in [-0.2, -0.15) is 0 Å². The summed E-state index contributed by atoms with van der Waals surface area (Å²) < 4.78 is 0. The lowest BCUT2D eigenvalue weighted by Crippen LogP contribution is -2.28. The average Bonchev–Trinajstić information content (AvgIpc) is 2.38. The van der Waals surface area contributed by atoms with Crippen LogP contribution in [0.3, 0.4) is 0 Å². The van der Waals surface area contributed by atoms with Crippen LogP contribution in [0.5, 0.6) is 0 Å². The summed E-state index contributed by atoms with van der Waals surface area (Å²) in [4.78, 5) is 23.9. The quantitative estimate of drug-likeness (QED) is 0.550. The lowest BCUT2D eigenvalue weighted by atomic mass is 10.1. The van der Waals surface area contributed by atoms with E-state index in [0.29, 0.717) is 31.5 Å². The molecule has 98 valence electrons. The van der Waals surface area contributed by atoms with E-state index < -0.39 is 0 Å². The highest BCUT2D eigenvalue weighted by Crippen LogP contribution is 2.17. The number of benzene rings is 1. The van der Waals surface area contributed by atoms with Crippen LogP contribution in [0.2, 0.25) is 0 Å². The number of carbonyl (C=O) groups is 2. The monoisotopic (exact) mass is 249 g/mol. The fourth-order valence-corrected chi connectivity index (χ4v) is 1.60.